The molecule has 35 heteroatoms. The number of amides is 4. The van der Waals surface area contributed by atoms with E-state index in [1.165, 1.54) is 50.5 Å². The lowest BCUT2D eigenvalue weighted by Gasteiger charge is -2.31. The first kappa shape index (κ1) is 92.0. The molecule has 12 aromatic heterocycles. The van der Waals surface area contributed by atoms with Crippen LogP contribution in [0.4, 0.5) is 51.9 Å². The van der Waals surface area contributed by atoms with Crippen LogP contribution in [0.15, 0.2) is 232 Å². The van der Waals surface area contributed by atoms with Gasteiger partial charge in [0, 0.05) is 234 Å². The van der Waals surface area contributed by atoms with Crippen molar-refractivity contribution in [1.29, 1.82) is 0 Å². The summed E-state index contributed by atoms with van der Waals surface area (Å²) >= 11 is 0. The minimum Gasteiger partial charge on any atom is -0.393 e. The smallest absolute Gasteiger partial charge is 0.276 e. The summed E-state index contributed by atoms with van der Waals surface area (Å²) in [4.78, 5) is 99.5. The second kappa shape index (κ2) is 42.1. The van der Waals surface area contributed by atoms with Crippen molar-refractivity contribution < 1.29 is 41.8 Å². The van der Waals surface area contributed by atoms with Crippen LogP contribution in [0.2, 0.25) is 0 Å². The molecule has 704 valence electrons. The number of anilines is 6. The van der Waals surface area contributed by atoms with Crippen molar-refractivity contribution in [3.05, 3.63) is 277 Å². The number of nitrogens with zero attached hydrogens (tertiary/aromatic N) is 18. The molecular weight excluding hydrogens is 1760 g/mol. The Labute approximate surface area is 792 Å². The third kappa shape index (κ3) is 22.9. The van der Waals surface area contributed by atoms with Gasteiger partial charge < -0.3 is 36.2 Å². The van der Waals surface area contributed by atoms with Crippen molar-refractivity contribution in [3.63, 3.8) is 0 Å². The van der Waals surface area contributed by atoms with Gasteiger partial charge in [-0.3, -0.25) is 89.1 Å². The Bertz CT molecular complexity index is 6950. The van der Waals surface area contributed by atoms with Gasteiger partial charge in [-0.25, -0.2) is 27.5 Å². The molecule has 0 spiro atoms. The van der Waals surface area contributed by atoms with Crippen molar-refractivity contribution in [1.82, 2.24) is 100 Å². The summed E-state index contributed by atoms with van der Waals surface area (Å²) in [5, 5.41) is 53.0. The number of rotatable bonds is 22. The van der Waals surface area contributed by atoms with Crippen molar-refractivity contribution >= 4 is 102 Å². The highest BCUT2D eigenvalue weighted by atomic mass is 19.3. The third-order valence-electron chi connectivity index (χ3n) is 25.8. The van der Waals surface area contributed by atoms with Crippen LogP contribution in [0.1, 0.15) is 141 Å². The number of fused-ring (bicyclic) bond motifs is 4. The first-order valence-corrected chi connectivity index (χ1v) is 46.8. The topological polar surface area (TPSA) is 374 Å². The number of carbonyl (C=O) groups is 4. The minimum absolute atomic E-state index is 0.110. The molecule has 6 aliphatic heterocycles. The molecule has 0 atom stereocenters. The summed E-state index contributed by atoms with van der Waals surface area (Å²) in [6, 6.07) is 46.2. The summed E-state index contributed by atoms with van der Waals surface area (Å²) in [5.41, 5.74) is 18.6. The molecule has 22 rings (SSSR count). The Balaban J connectivity index is 0.000000118. The predicted octanol–water partition coefficient (Wildman–Crippen LogP) is 17.3. The fourth-order valence-electron chi connectivity index (χ4n) is 18.2. The van der Waals surface area contributed by atoms with Gasteiger partial charge in [-0.2, -0.15) is 20.4 Å². The second-order valence-electron chi connectivity index (χ2n) is 35.9. The predicted molar refractivity (Wildman–Crippen MR) is 523 cm³/mol. The van der Waals surface area contributed by atoms with E-state index in [2.05, 4.69) is 134 Å². The van der Waals surface area contributed by atoms with Gasteiger partial charge in [0.05, 0.1) is 58.5 Å². The van der Waals surface area contributed by atoms with Gasteiger partial charge in [-0.05, 0) is 237 Å². The van der Waals surface area contributed by atoms with Crippen LogP contribution in [0.5, 0.6) is 0 Å². The summed E-state index contributed by atoms with van der Waals surface area (Å²) in [6.45, 7) is 11.8. The number of carbonyl (C=O) groups excluding carboxylic acids is 4. The highest BCUT2D eigenvalue weighted by molar-refractivity contribution is 6.14. The van der Waals surface area contributed by atoms with E-state index in [0.717, 1.165) is 184 Å². The van der Waals surface area contributed by atoms with Crippen molar-refractivity contribution in [2.24, 2.45) is 0 Å². The van der Waals surface area contributed by atoms with E-state index in [-0.39, 0.29) is 61.2 Å². The second-order valence-corrected chi connectivity index (χ2v) is 35.9. The number of alkyl halides is 4. The van der Waals surface area contributed by atoms with E-state index >= 15 is 0 Å². The quantitative estimate of drug-likeness (QED) is 0.0285. The zero-order chi connectivity index (χ0) is 94.5. The van der Waals surface area contributed by atoms with Gasteiger partial charge in [0.1, 0.15) is 11.6 Å². The van der Waals surface area contributed by atoms with Crippen molar-refractivity contribution in [2.45, 2.75) is 121 Å². The van der Waals surface area contributed by atoms with E-state index < -0.39 is 11.8 Å². The standard InChI is InChI=1S/C29H33N7O2.C27H29N7O.C24H22F2N6O.C23H20F2N6O/c37-24-8-12-35(13-9-24)19-20-14-22(17-30-16-20)21-4-6-26-25(15-21)28(34-33-26)29(38)32-23-5-7-27(31-18-23)36-10-2-1-3-11-36;35-27(30-22-6-8-25(29-17-22)34-11-2-1-3-12-34)26-23-14-20(5-7-24(23)31-32-26)21-13-19(15-28-16-21)18-33-9-4-10-33;25-24(26)5-9-32(10-6-24)15-16-11-18(14-28-13-16)17-1-2-21-20(12-17)22(31-30-21)23(33)29-19-3-7-27-8-4-19;24-23(25)5-8-31(14-23)13-15-9-17(12-27-11-15)16-1-2-20-19(10-16)21(30-29-20)22(32)28-18-3-6-26-7-4-18/h4-7,14-18,24,37H,1-3,8-13,19H2,(H,32,38)(H,33,34);5-8,13-17H,1-4,9-12,18H2,(H,30,35)(H,31,32);1-4,7-8,11-14H,5-6,9-10,15H2,(H,30,31)(H,27,29,33);1-4,6-7,9-12H,5,8,13-14H2,(H,29,30)(H,26,28,32). The maximum Gasteiger partial charge on any atom is 0.276 e. The van der Waals surface area contributed by atoms with Crippen molar-refractivity contribution in [2.75, 3.05) is 110 Å². The first-order chi connectivity index (χ1) is 67.3. The summed E-state index contributed by atoms with van der Waals surface area (Å²) < 4.78 is 53.9. The van der Waals surface area contributed by atoms with E-state index in [1.54, 1.807) is 91.1 Å². The first-order valence-electron chi connectivity index (χ1n) is 46.8. The van der Waals surface area contributed by atoms with E-state index in [0.29, 0.717) is 83.3 Å². The molecule has 6 aliphatic rings. The number of hydrogen-bond acceptors (Lipinski definition) is 23. The summed E-state index contributed by atoms with van der Waals surface area (Å²) in [7, 11) is 0. The molecule has 0 bridgehead atoms. The molecule has 0 aliphatic carbocycles. The number of aliphatic hydroxyl groups excluding tert-OH is 1. The normalized spacial score (nSPS) is 16.4. The third-order valence-corrected chi connectivity index (χ3v) is 25.8. The highest BCUT2D eigenvalue weighted by Gasteiger charge is 2.39. The van der Waals surface area contributed by atoms with Gasteiger partial charge >= 0.3 is 0 Å². The molecule has 18 heterocycles. The molecule has 4 aromatic carbocycles. The monoisotopic (exact) mass is 1860 g/mol. The Kier molecular flexibility index (Phi) is 28.1. The Morgan fingerprint density at radius 3 is 0.957 bits per heavy atom. The van der Waals surface area contributed by atoms with Crippen LogP contribution in [-0.4, -0.2) is 225 Å². The van der Waals surface area contributed by atoms with Crippen LogP contribution in [0.3, 0.4) is 0 Å². The van der Waals surface area contributed by atoms with Gasteiger partial charge in [-0.1, -0.05) is 24.3 Å². The number of benzene rings is 4. The number of pyridine rings is 8. The van der Waals surface area contributed by atoms with Gasteiger partial charge in [0.25, 0.3) is 35.5 Å². The lowest BCUT2D eigenvalue weighted by Crippen LogP contribution is -2.38. The number of aromatic amines is 4. The molecule has 138 heavy (non-hydrogen) atoms. The average Bonchev–Trinajstić information content (AvgIpc) is 1.60. The molecule has 0 radical (unpaired) electrons. The Morgan fingerprint density at radius 1 is 0.319 bits per heavy atom. The number of halogens is 4. The van der Waals surface area contributed by atoms with Crippen LogP contribution < -0.4 is 31.1 Å². The molecule has 0 unspecified atom stereocenters. The Hall–Kier alpha value is -15.0. The minimum atomic E-state index is -2.62. The zero-order valence-electron chi connectivity index (χ0n) is 76.0. The number of aliphatic hydroxyl groups is 1. The number of nitrogens with one attached hydrogen (secondary N) is 8. The lowest BCUT2D eigenvalue weighted by molar-refractivity contribution is -0.0566. The largest absolute Gasteiger partial charge is 0.393 e. The number of piperidine rings is 4. The number of likely N-dealkylation sites (tertiary alicyclic amines) is 4. The lowest BCUT2D eigenvalue weighted by atomic mass is 10.0. The summed E-state index contributed by atoms with van der Waals surface area (Å²) in [5.74, 6) is -4.46. The van der Waals surface area contributed by atoms with Crippen LogP contribution in [0.25, 0.3) is 88.1 Å². The van der Waals surface area contributed by atoms with Crippen LogP contribution in [0, 0.1) is 0 Å². The molecule has 6 fully saturated rings. The van der Waals surface area contributed by atoms with E-state index in [4.69, 9.17) is 0 Å². The molecule has 6 saturated heterocycles. The maximum atomic E-state index is 13.5. The fraction of sp³-hybridized carbons (Fsp3) is 0.301. The molecule has 9 N–H and O–H groups in total. The molecule has 31 nitrogen and oxygen atoms in total. The van der Waals surface area contributed by atoms with E-state index in [9.17, 15) is 41.8 Å². The fourth-order valence-corrected chi connectivity index (χ4v) is 18.2. The SMILES string of the molecule is O=C(Nc1ccc(N2CCCCC2)nc1)c1n[nH]c2ccc(-c3cncc(CN4CCC(O)CC4)c3)cc12.O=C(Nc1ccc(N2CCCCC2)nc1)c1n[nH]c2ccc(-c3cncc(CN4CCC4)c3)cc12.O=C(Nc1ccncc1)c1n[nH]c2ccc(-c3cncc(CN4CCC(F)(F)C4)c3)cc12.O=C(Nc1ccncc1)c1n[nH]c2ccc(-c3cncc(CN4CCC(F)(F)CC4)c3)cc12. The maximum absolute atomic E-state index is 13.5. The van der Waals surface area contributed by atoms with E-state index in [1.807, 2.05) is 139 Å². The van der Waals surface area contributed by atoms with Gasteiger partial charge in [-0.15, -0.1) is 0 Å². The van der Waals surface area contributed by atoms with Gasteiger partial charge in [0.15, 0.2) is 22.8 Å². The van der Waals surface area contributed by atoms with Crippen molar-refractivity contribution in [3.8, 4) is 44.5 Å². The molecule has 4 amide bonds. The zero-order valence-corrected chi connectivity index (χ0v) is 76.0. The molecule has 0 saturated carbocycles. The molecule has 16 aromatic rings. The van der Waals surface area contributed by atoms with Gasteiger partial charge in [0.2, 0.25) is 0 Å². The highest BCUT2D eigenvalue weighted by Crippen LogP contribution is 2.36. The molecular formula is C103H104F4N26O5. The number of hydrogen-bond donors (Lipinski definition) is 9. The average molecular weight is 1860 g/mol. The van der Waals surface area contributed by atoms with Crippen LogP contribution >= 0.6 is 0 Å². The summed E-state index contributed by atoms with van der Waals surface area (Å²) in [6.07, 6.45) is 34.1. The van der Waals surface area contributed by atoms with Crippen LogP contribution in [-0.2, 0) is 26.2 Å². The number of aromatic nitrogens is 16. The number of H-pyrrole nitrogens is 4. The Morgan fingerprint density at radius 2 is 0.638 bits per heavy atom.